The standard InChI is InChI=1S/C20H25ClN2O3/c1-4-25-19-8-6-5-7-18(19)22-20(24)15(2)23(3)13-14-26-17-11-9-16(21)10-12-17/h5-12,15H,4,13-14H2,1-3H3,(H,22,24). The Balaban J connectivity index is 1.84. The highest BCUT2D eigenvalue weighted by Crippen LogP contribution is 2.24. The number of ether oxygens (including phenoxy) is 2. The second-order valence-electron chi connectivity index (χ2n) is 5.88. The van der Waals surface area contributed by atoms with Gasteiger partial charge in [-0.1, -0.05) is 23.7 Å². The average molecular weight is 377 g/mol. The fraction of sp³-hybridized carbons (Fsp3) is 0.350. The zero-order valence-electron chi connectivity index (χ0n) is 15.4. The number of hydrogen-bond donors (Lipinski definition) is 1. The van der Waals surface area contributed by atoms with Crippen molar-refractivity contribution >= 4 is 23.2 Å². The zero-order chi connectivity index (χ0) is 18.9. The summed E-state index contributed by atoms with van der Waals surface area (Å²) >= 11 is 5.85. The second-order valence-corrected chi connectivity index (χ2v) is 6.31. The van der Waals surface area contributed by atoms with Gasteiger partial charge < -0.3 is 14.8 Å². The highest BCUT2D eigenvalue weighted by Gasteiger charge is 2.19. The van der Waals surface area contributed by atoms with Crippen LogP contribution in [0.4, 0.5) is 5.69 Å². The molecule has 1 atom stereocenters. The maximum absolute atomic E-state index is 12.5. The maximum Gasteiger partial charge on any atom is 0.241 e. The molecule has 5 nitrogen and oxygen atoms in total. The number of rotatable bonds is 9. The van der Waals surface area contributed by atoms with Crippen LogP contribution < -0.4 is 14.8 Å². The Bertz CT molecular complexity index is 706. The first-order valence-electron chi connectivity index (χ1n) is 8.62. The third kappa shape index (κ3) is 5.93. The Kier molecular flexibility index (Phi) is 7.75. The number of anilines is 1. The normalized spacial score (nSPS) is 11.9. The van der Waals surface area contributed by atoms with Crippen LogP contribution in [-0.4, -0.2) is 43.7 Å². The lowest BCUT2D eigenvalue weighted by atomic mass is 10.2. The molecule has 1 amide bonds. The summed E-state index contributed by atoms with van der Waals surface area (Å²) in [5, 5.41) is 3.60. The van der Waals surface area contributed by atoms with Gasteiger partial charge in [-0.05, 0) is 57.3 Å². The second kappa shape index (κ2) is 10.0. The Morgan fingerprint density at radius 2 is 1.85 bits per heavy atom. The summed E-state index contributed by atoms with van der Waals surface area (Å²) in [6.07, 6.45) is 0. The number of amides is 1. The van der Waals surface area contributed by atoms with Crippen molar-refractivity contribution in [3.8, 4) is 11.5 Å². The fourth-order valence-corrected chi connectivity index (χ4v) is 2.45. The van der Waals surface area contributed by atoms with Gasteiger partial charge in [0.2, 0.25) is 5.91 Å². The van der Waals surface area contributed by atoms with Crippen LogP contribution >= 0.6 is 11.6 Å². The summed E-state index contributed by atoms with van der Waals surface area (Å²) in [6.45, 7) is 5.41. The summed E-state index contributed by atoms with van der Waals surface area (Å²) < 4.78 is 11.2. The van der Waals surface area contributed by atoms with Crippen molar-refractivity contribution in [3.05, 3.63) is 53.6 Å². The van der Waals surface area contributed by atoms with Gasteiger partial charge in [0, 0.05) is 11.6 Å². The minimum Gasteiger partial charge on any atom is -0.492 e. The van der Waals surface area contributed by atoms with E-state index in [0.717, 1.165) is 5.75 Å². The SMILES string of the molecule is CCOc1ccccc1NC(=O)C(C)N(C)CCOc1ccc(Cl)cc1. The van der Waals surface area contributed by atoms with Crippen LogP contribution in [0.1, 0.15) is 13.8 Å². The van der Waals surface area contributed by atoms with E-state index in [1.165, 1.54) is 0 Å². The number of carbonyl (C=O) groups is 1. The third-order valence-corrected chi connectivity index (χ3v) is 4.26. The average Bonchev–Trinajstić information content (AvgIpc) is 2.64. The lowest BCUT2D eigenvalue weighted by molar-refractivity contribution is -0.120. The van der Waals surface area contributed by atoms with Crippen LogP contribution in [0.5, 0.6) is 11.5 Å². The molecule has 0 radical (unpaired) electrons. The van der Waals surface area contributed by atoms with E-state index >= 15 is 0 Å². The Morgan fingerprint density at radius 3 is 2.54 bits per heavy atom. The number of para-hydroxylation sites is 2. The molecule has 1 N–H and O–H groups in total. The van der Waals surface area contributed by atoms with Gasteiger partial charge in [0.25, 0.3) is 0 Å². The first-order chi connectivity index (χ1) is 12.5. The van der Waals surface area contributed by atoms with Crippen molar-refractivity contribution < 1.29 is 14.3 Å². The molecule has 0 fully saturated rings. The van der Waals surface area contributed by atoms with E-state index in [1.54, 1.807) is 12.1 Å². The van der Waals surface area contributed by atoms with E-state index < -0.39 is 0 Å². The molecule has 0 saturated heterocycles. The third-order valence-electron chi connectivity index (χ3n) is 4.01. The zero-order valence-corrected chi connectivity index (χ0v) is 16.1. The summed E-state index contributed by atoms with van der Waals surface area (Å²) in [6, 6.07) is 14.3. The highest BCUT2D eigenvalue weighted by molar-refractivity contribution is 6.30. The van der Waals surface area contributed by atoms with E-state index in [9.17, 15) is 4.79 Å². The van der Waals surface area contributed by atoms with Crippen LogP contribution in [-0.2, 0) is 4.79 Å². The van der Waals surface area contributed by atoms with Gasteiger partial charge >= 0.3 is 0 Å². The lowest BCUT2D eigenvalue weighted by Gasteiger charge is -2.24. The number of nitrogens with one attached hydrogen (secondary N) is 1. The van der Waals surface area contributed by atoms with Gasteiger partial charge in [-0.3, -0.25) is 9.69 Å². The monoisotopic (exact) mass is 376 g/mol. The number of likely N-dealkylation sites (N-methyl/N-ethyl adjacent to an activating group) is 1. The largest absolute Gasteiger partial charge is 0.492 e. The van der Waals surface area contributed by atoms with Crippen molar-refractivity contribution in [1.29, 1.82) is 0 Å². The van der Waals surface area contributed by atoms with Gasteiger partial charge in [0.05, 0.1) is 18.3 Å². The molecule has 0 aliphatic carbocycles. The number of halogens is 1. The molecule has 26 heavy (non-hydrogen) atoms. The smallest absolute Gasteiger partial charge is 0.241 e. The lowest BCUT2D eigenvalue weighted by Crippen LogP contribution is -2.41. The predicted octanol–water partition coefficient (Wildman–Crippen LogP) is 4.08. The van der Waals surface area contributed by atoms with E-state index in [-0.39, 0.29) is 11.9 Å². The summed E-state index contributed by atoms with van der Waals surface area (Å²) in [4.78, 5) is 14.5. The van der Waals surface area contributed by atoms with Crippen molar-refractivity contribution in [1.82, 2.24) is 4.90 Å². The van der Waals surface area contributed by atoms with Gasteiger partial charge in [0.1, 0.15) is 18.1 Å². The maximum atomic E-state index is 12.5. The van der Waals surface area contributed by atoms with Gasteiger partial charge in [-0.15, -0.1) is 0 Å². The van der Waals surface area contributed by atoms with Crippen LogP contribution in [0.25, 0.3) is 0 Å². The quantitative estimate of drug-likeness (QED) is 0.716. The summed E-state index contributed by atoms with van der Waals surface area (Å²) in [5.74, 6) is 1.33. The molecule has 0 aliphatic rings. The highest BCUT2D eigenvalue weighted by atomic mass is 35.5. The minimum atomic E-state index is -0.307. The summed E-state index contributed by atoms with van der Waals surface area (Å²) in [7, 11) is 1.89. The molecule has 2 rings (SSSR count). The molecule has 0 aliphatic heterocycles. The van der Waals surface area contributed by atoms with Gasteiger partial charge in [-0.2, -0.15) is 0 Å². The van der Waals surface area contributed by atoms with Crippen molar-refractivity contribution in [2.24, 2.45) is 0 Å². The van der Waals surface area contributed by atoms with E-state index in [1.807, 2.05) is 62.2 Å². The van der Waals surface area contributed by atoms with Crippen molar-refractivity contribution in [2.45, 2.75) is 19.9 Å². The van der Waals surface area contributed by atoms with Crippen molar-refractivity contribution in [3.63, 3.8) is 0 Å². The number of benzene rings is 2. The summed E-state index contributed by atoms with van der Waals surface area (Å²) in [5.41, 5.74) is 0.678. The van der Waals surface area contributed by atoms with E-state index in [2.05, 4.69) is 5.32 Å². The Morgan fingerprint density at radius 1 is 1.15 bits per heavy atom. The molecule has 0 aromatic heterocycles. The predicted molar refractivity (Wildman–Crippen MR) is 105 cm³/mol. The van der Waals surface area contributed by atoms with Crippen LogP contribution in [0, 0.1) is 0 Å². The molecule has 6 heteroatoms. The first kappa shape index (κ1) is 20.1. The first-order valence-corrected chi connectivity index (χ1v) is 9.00. The minimum absolute atomic E-state index is 0.0915. The van der Waals surface area contributed by atoms with Gasteiger partial charge in [-0.25, -0.2) is 0 Å². The molecule has 140 valence electrons. The van der Waals surface area contributed by atoms with E-state index in [0.29, 0.717) is 36.2 Å². The van der Waals surface area contributed by atoms with Crippen LogP contribution in [0.15, 0.2) is 48.5 Å². The molecular formula is C20H25ClN2O3. The number of carbonyl (C=O) groups excluding carboxylic acids is 1. The molecule has 0 saturated carbocycles. The molecule has 0 spiro atoms. The molecule has 0 bridgehead atoms. The fourth-order valence-electron chi connectivity index (χ4n) is 2.32. The number of nitrogens with zero attached hydrogens (tertiary/aromatic N) is 1. The Labute approximate surface area is 159 Å². The Hall–Kier alpha value is -2.24. The number of hydrogen-bond acceptors (Lipinski definition) is 4. The molecule has 1 unspecified atom stereocenters. The molecule has 2 aromatic carbocycles. The molecule has 0 heterocycles. The topological polar surface area (TPSA) is 50.8 Å². The van der Waals surface area contributed by atoms with E-state index in [4.69, 9.17) is 21.1 Å². The van der Waals surface area contributed by atoms with Crippen LogP contribution in [0.3, 0.4) is 0 Å². The molecule has 2 aromatic rings. The van der Waals surface area contributed by atoms with Crippen molar-refractivity contribution in [2.75, 3.05) is 32.1 Å². The molecular weight excluding hydrogens is 352 g/mol. The van der Waals surface area contributed by atoms with Gasteiger partial charge in [0.15, 0.2) is 0 Å². The van der Waals surface area contributed by atoms with Crippen LogP contribution in [0.2, 0.25) is 5.02 Å².